The van der Waals surface area contributed by atoms with Crippen molar-refractivity contribution in [1.82, 2.24) is 19.5 Å². The first-order valence-corrected chi connectivity index (χ1v) is 10.7. The molecule has 4 heterocycles. The molecule has 1 aromatic carbocycles. The highest BCUT2D eigenvalue weighted by Gasteiger charge is 2.26. The molecule has 4 aromatic rings. The summed E-state index contributed by atoms with van der Waals surface area (Å²) in [5.74, 6) is 7.31. The summed E-state index contributed by atoms with van der Waals surface area (Å²) in [6.45, 7) is 0.730. The molecule has 1 fully saturated rings. The smallest absolute Gasteiger partial charge is 0.208 e. The van der Waals surface area contributed by atoms with E-state index >= 15 is 0 Å². The SMILES string of the molecule is Clc1nc(C#Cc2ccccc2)nc2c1nc(-c1cccs1)n2C1CCCCO1. The Kier molecular flexibility index (Phi) is 5.03. The standard InChI is InChI=1S/C22H17ClN4OS/c23-20-19-22(25-17(24-20)12-11-15-7-2-1-3-8-15)27(18-10-4-5-13-28-18)21(26-19)16-9-6-14-29-16/h1-3,6-9,14,18H,4-5,10,13H2. The lowest BCUT2D eigenvalue weighted by atomic mass is 10.2. The normalized spacial score (nSPS) is 16.5. The molecule has 144 valence electrons. The van der Waals surface area contributed by atoms with Crippen LogP contribution in [-0.2, 0) is 4.74 Å². The van der Waals surface area contributed by atoms with Crippen LogP contribution in [-0.4, -0.2) is 26.1 Å². The van der Waals surface area contributed by atoms with E-state index in [1.54, 1.807) is 11.3 Å². The highest BCUT2D eigenvalue weighted by Crippen LogP contribution is 2.35. The van der Waals surface area contributed by atoms with Gasteiger partial charge in [-0.15, -0.1) is 11.3 Å². The van der Waals surface area contributed by atoms with E-state index in [4.69, 9.17) is 26.3 Å². The van der Waals surface area contributed by atoms with Crippen LogP contribution in [0.3, 0.4) is 0 Å². The van der Waals surface area contributed by atoms with Gasteiger partial charge in [-0.2, -0.15) is 0 Å². The van der Waals surface area contributed by atoms with Crippen molar-refractivity contribution in [2.24, 2.45) is 0 Å². The van der Waals surface area contributed by atoms with Crippen LogP contribution in [0.15, 0.2) is 47.8 Å². The molecule has 0 saturated carbocycles. The number of aromatic nitrogens is 4. The number of ether oxygens (including phenoxy) is 1. The molecular formula is C22H17ClN4OS. The zero-order valence-corrected chi connectivity index (χ0v) is 17.1. The Hall–Kier alpha value is -2.72. The summed E-state index contributed by atoms with van der Waals surface area (Å²) in [6, 6.07) is 13.8. The van der Waals surface area contributed by atoms with Gasteiger partial charge >= 0.3 is 0 Å². The topological polar surface area (TPSA) is 52.8 Å². The molecule has 7 heteroatoms. The van der Waals surface area contributed by atoms with Gasteiger partial charge in [0, 0.05) is 12.2 Å². The van der Waals surface area contributed by atoms with Gasteiger partial charge in [0.25, 0.3) is 0 Å². The van der Waals surface area contributed by atoms with Crippen molar-refractivity contribution in [3.05, 3.63) is 64.4 Å². The summed E-state index contributed by atoms with van der Waals surface area (Å²) in [5, 5.41) is 2.34. The van der Waals surface area contributed by atoms with Gasteiger partial charge in [-0.1, -0.05) is 41.8 Å². The number of hydrogen-bond donors (Lipinski definition) is 0. The third-order valence-electron chi connectivity index (χ3n) is 4.77. The van der Waals surface area contributed by atoms with Gasteiger partial charge in [-0.25, -0.2) is 15.0 Å². The molecule has 1 saturated heterocycles. The van der Waals surface area contributed by atoms with E-state index in [9.17, 15) is 0 Å². The molecule has 0 aliphatic carbocycles. The summed E-state index contributed by atoms with van der Waals surface area (Å²) < 4.78 is 8.12. The van der Waals surface area contributed by atoms with Crippen molar-refractivity contribution in [3.8, 4) is 22.5 Å². The van der Waals surface area contributed by atoms with Crippen LogP contribution in [0.2, 0.25) is 5.15 Å². The Balaban J connectivity index is 1.67. The average molecular weight is 421 g/mol. The van der Waals surface area contributed by atoms with E-state index in [0.717, 1.165) is 42.1 Å². The number of fused-ring (bicyclic) bond motifs is 1. The molecule has 0 radical (unpaired) electrons. The largest absolute Gasteiger partial charge is 0.358 e. The molecule has 29 heavy (non-hydrogen) atoms. The van der Waals surface area contributed by atoms with E-state index in [2.05, 4.69) is 21.4 Å². The zero-order valence-electron chi connectivity index (χ0n) is 15.5. The lowest BCUT2D eigenvalue weighted by Gasteiger charge is -2.25. The fourth-order valence-corrected chi connectivity index (χ4v) is 4.34. The quantitative estimate of drug-likeness (QED) is 0.326. The van der Waals surface area contributed by atoms with Crippen LogP contribution >= 0.6 is 22.9 Å². The van der Waals surface area contributed by atoms with E-state index in [0.29, 0.717) is 22.1 Å². The van der Waals surface area contributed by atoms with Crippen molar-refractivity contribution >= 4 is 34.1 Å². The van der Waals surface area contributed by atoms with Crippen molar-refractivity contribution in [1.29, 1.82) is 0 Å². The second-order valence-corrected chi connectivity index (χ2v) is 8.04. The van der Waals surface area contributed by atoms with E-state index in [1.165, 1.54) is 0 Å². The van der Waals surface area contributed by atoms with Gasteiger partial charge < -0.3 is 4.74 Å². The molecule has 1 atom stereocenters. The monoisotopic (exact) mass is 420 g/mol. The molecule has 1 aliphatic rings. The van der Waals surface area contributed by atoms with Gasteiger partial charge in [0.05, 0.1) is 4.88 Å². The van der Waals surface area contributed by atoms with Crippen LogP contribution in [0, 0.1) is 11.8 Å². The molecule has 0 bridgehead atoms. The molecule has 1 aliphatic heterocycles. The minimum absolute atomic E-state index is 0.119. The Morgan fingerprint density at radius 3 is 2.69 bits per heavy atom. The third kappa shape index (κ3) is 3.65. The molecule has 1 unspecified atom stereocenters. The molecule has 0 N–H and O–H groups in total. The fourth-order valence-electron chi connectivity index (χ4n) is 3.43. The summed E-state index contributed by atoms with van der Waals surface area (Å²) in [4.78, 5) is 14.9. The number of nitrogens with zero attached hydrogens (tertiary/aromatic N) is 4. The zero-order chi connectivity index (χ0) is 19.6. The number of hydrogen-bond acceptors (Lipinski definition) is 5. The van der Waals surface area contributed by atoms with Gasteiger partial charge in [-0.3, -0.25) is 4.57 Å². The van der Waals surface area contributed by atoms with Crippen LogP contribution in [0.4, 0.5) is 0 Å². The number of thiophene rings is 1. The summed E-state index contributed by atoms with van der Waals surface area (Å²) in [7, 11) is 0. The first-order valence-electron chi connectivity index (χ1n) is 9.47. The highest BCUT2D eigenvalue weighted by molar-refractivity contribution is 7.13. The number of halogens is 1. The minimum Gasteiger partial charge on any atom is -0.358 e. The van der Waals surface area contributed by atoms with Crippen molar-refractivity contribution in [2.45, 2.75) is 25.5 Å². The van der Waals surface area contributed by atoms with Gasteiger partial charge in [-0.05, 0) is 48.8 Å². The molecule has 5 rings (SSSR count). The highest BCUT2D eigenvalue weighted by atomic mass is 35.5. The number of benzene rings is 1. The van der Waals surface area contributed by atoms with Crippen LogP contribution < -0.4 is 0 Å². The first kappa shape index (κ1) is 18.3. The maximum absolute atomic E-state index is 6.50. The van der Waals surface area contributed by atoms with E-state index in [1.807, 2.05) is 47.8 Å². The average Bonchev–Trinajstić information content (AvgIpc) is 3.42. The Bertz CT molecular complexity index is 1200. The maximum atomic E-state index is 6.50. The van der Waals surface area contributed by atoms with Crippen molar-refractivity contribution < 1.29 is 4.74 Å². The molecule has 0 spiro atoms. The predicted octanol–water partition coefficient (Wildman–Crippen LogP) is 5.31. The Morgan fingerprint density at radius 2 is 1.93 bits per heavy atom. The Morgan fingerprint density at radius 1 is 1.03 bits per heavy atom. The van der Waals surface area contributed by atoms with Gasteiger partial charge in [0.15, 0.2) is 16.6 Å². The fraction of sp³-hybridized carbons (Fsp3) is 0.227. The van der Waals surface area contributed by atoms with Crippen molar-refractivity contribution in [2.75, 3.05) is 6.61 Å². The lowest BCUT2D eigenvalue weighted by molar-refractivity contribution is -0.0287. The minimum atomic E-state index is -0.119. The summed E-state index contributed by atoms with van der Waals surface area (Å²) in [6.07, 6.45) is 2.97. The molecular weight excluding hydrogens is 404 g/mol. The van der Waals surface area contributed by atoms with Crippen molar-refractivity contribution in [3.63, 3.8) is 0 Å². The number of imidazole rings is 1. The molecule has 0 amide bonds. The second kappa shape index (κ2) is 7.96. The lowest BCUT2D eigenvalue weighted by Crippen LogP contribution is -2.19. The third-order valence-corrected chi connectivity index (χ3v) is 5.90. The Labute approximate surface area is 177 Å². The van der Waals surface area contributed by atoms with E-state index in [-0.39, 0.29) is 6.23 Å². The van der Waals surface area contributed by atoms with Crippen LogP contribution in [0.25, 0.3) is 21.9 Å². The summed E-state index contributed by atoms with van der Waals surface area (Å²) >= 11 is 8.13. The number of rotatable bonds is 2. The van der Waals surface area contributed by atoms with Gasteiger partial charge in [0.2, 0.25) is 5.82 Å². The van der Waals surface area contributed by atoms with E-state index < -0.39 is 0 Å². The predicted molar refractivity (Wildman–Crippen MR) is 115 cm³/mol. The first-order chi connectivity index (χ1) is 14.3. The van der Waals surface area contributed by atoms with Gasteiger partial charge in [0.1, 0.15) is 11.7 Å². The second-order valence-electron chi connectivity index (χ2n) is 6.73. The molecule has 3 aromatic heterocycles. The molecule has 5 nitrogen and oxygen atoms in total. The summed E-state index contributed by atoms with van der Waals surface area (Å²) in [5.41, 5.74) is 2.14. The van der Waals surface area contributed by atoms with Crippen LogP contribution in [0.5, 0.6) is 0 Å². The maximum Gasteiger partial charge on any atom is 0.208 e. The van der Waals surface area contributed by atoms with Crippen LogP contribution in [0.1, 0.15) is 36.9 Å².